The van der Waals surface area contributed by atoms with Crippen molar-refractivity contribution < 1.29 is 19.4 Å². The van der Waals surface area contributed by atoms with Crippen LogP contribution in [0.1, 0.15) is 26.7 Å². The van der Waals surface area contributed by atoms with Crippen molar-refractivity contribution in [2.75, 3.05) is 26.4 Å². The minimum atomic E-state index is -0.604. The van der Waals surface area contributed by atoms with Crippen LogP contribution in [0.5, 0.6) is 0 Å². The van der Waals surface area contributed by atoms with E-state index in [2.05, 4.69) is 16.0 Å². The molecule has 0 bridgehead atoms. The molecule has 0 saturated carbocycles. The molecule has 3 atom stereocenters. The van der Waals surface area contributed by atoms with Gasteiger partial charge in [0.05, 0.1) is 18.8 Å². The first-order chi connectivity index (χ1) is 10.1. The second kappa shape index (κ2) is 7.93. The van der Waals surface area contributed by atoms with Crippen LogP contribution in [-0.2, 0) is 9.47 Å². The first-order valence-electron chi connectivity index (χ1n) is 7.74. The summed E-state index contributed by atoms with van der Waals surface area (Å²) < 4.78 is 10.9. The van der Waals surface area contributed by atoms with Crippen LogP contribution < -0.4 is 16.0 Å². The van der Waals surface area contributed by atoms with Crippen molar-refractivity contribution in [1.82, 2.24) is 16.0 Å². The highest BCUT2D eigenvalue weighted by atomic mass is 16.5. The molecule has 0 aromatic carbocycles. The SMILES string of the molecule is CC(C)NC(=O)NC[C@H]1OC[C@@H](NC2CCOCC2)[C@@H]1O. The Morgan fingerprint density at radius 2 is 2.05 bits per heavy atom. The van der Waals surface area contributed by atoms with Crippen LogP contribution in [0.2, 0.25) is 0 Å². The summed E-state index contributed by atoms with van der Waals surface area (Å²) in [7, 11) is 0. The average Bonchev–Trinajstić information content (AvgIpc) is 2.78. The van der Waals surface area contributed by atoms with E-state index in [4.69, 9.17) is 9.47 Å². The summed E-state index contributed by atoms with van der Waals surface area (Å²) in [6.45, 7) is 6.11. The van der Waals surface area contributed by atoms with Gasteiger partial charge in [-0.05, 0) is 26.7 Å². The maximum atomic E-state index is 11.5. The number of rotatable bonds is 5. The second-order valence-electron chi connectivity index (χ2n) is 6.03. The van der Waals surface area contributed by atoms with Crippen LogP contribution >= 0.6 is 0 Å². The second-order valence-corrected chi connectivity index (χ2v) is 6.03. The zero-order chi connectivity index (χ0) is 15.2. The van der Waals surface area contributed by atoms with Crippen LogP contribution in [0.4, 0.5) is 4.79 Å². The third-order valence-electron chi connectivity index (χ3n) is 3.84. The molecular weight excluding hydrogens is 274 g/mol. The molecule has 4 N–H and O–H groups in total. The van der Waals surface area contributed by atoms with Crippen molar-refractivity contribution in [2.45, 2.75) is 57.0 Å². The molecule has 0 aliphatic carbocycles. The van der Waals surface area contributed by atoms with Gasteiger partial charge < -0.3 is 30.5 Å². The topological polar surface area (TPSA) is 91.9 Å². The largest absolute Gasteiger partial charge is 0.389 e. The summed E-state index contributed by atoms with van der Waals surface area (Å²) in [5, 5.41) is 19.2. The Morgan fingerprint density at radius 3 is 2.71 bits per heavy atom. The number of urea groups is 1. The van der Waals surface area contributed by atoms with Crippen molar-refractivity contribution in [1.29, 1.82) is 0 Å². The van der Waals surface area contributed by atoms with Crippen molar-refractivity contribution in [3.05, 3.63) is 0 Å². The molecule has 2 fully saturated rings. The smallest absolute Gasteiger partial charge is 0.315 e. The predicted octanol–water partition coefficient (Wildman–Crippen LogP) is -0.409. The average molecular weight is 301 g/mol. The minimum absolute atomic E-state index is 0.0759. The number of aliphatic hydroxyl groups is 1. The number of aliphatic hydroxyl groups excluding tert-OH is 1. The van der Waals surface area contributed by atoms with Crippen LogP contribution in [-0.4, -0.2) is 67.8 Å². The highest BCUT2D eigenvalue weighted by Crippen LogP contribution is 2.16. The van der Waals surface area contributed by atoms with Gasteiger partial charge in [-0.2, -0.15) is 0 Å². The molecule has 7 heteroatoms. The van der Waals surface area contributed by atoms with Gasteiger partial charge in [0.25, 0.3) is 0 Å². The molecule has 2 rings (SSSR count). The van der Waals surface area contributed by atoms with E-state index in [9.17, 15) is 9.90 Å². The normalized spacial score (nSPS) is 30.6. The highest BCUT2D eigenvalue weighted by molar-refractivity contribution is 5.74. The Hall–Kier alpha value is -0.890. The van der Waals surface area contributed by atoms with E-state index in [1.54, 1.807) is 0 Å². The van der Waals surface area contributed by atoms with Crippen molar-refractivity contribution in [3.8, 4) is 0 Å². The van der Waals surface area contributed by atoms with Crippen LogP contribution in [0, 0.1) is 0 Å². The number of ether oxygens (including phenoxy) is 2. The van der Waals surface area contributed by atoms with E-state index in [0.717, 1.165) is 26.1 Å². The molecule has 122 valence electrons. The number of amides is 2. The molecule has 7 nitrogen and oxygen atoms in total. The maximum Gasteiger partial charge on any atom is 0.315 e. The number of carbonyl (C=O) groups is 1. The zero-order valence-corrected chi connectivity index (χ0v) is 12.8. The summed E-state index contributed by atoms with van der Waals surface area (Å²) in [5.74, 6) is 0. The lowest BCUT2D eigenvalue weighted by molar-refractivity contribution is 0.0399. The maximum absolute atomic E-state index is 11.5. The Morgan fingerprint density at radius 1 is 1.33 bits per heavy atom. The van der Waals surface area contributed by atoms with Gasteiger partial charge in [-0.15, -0.1) is 0 Å². The molecule has 0 aromatic heterocycles. The lowest BCUT2D eigenvalue weighted by Crippen LogP contribution is -2.50. The fourth-order valence-electron chi connectivity index (χ4n) is 2.68. The lowest BCUT2D eigenvalue weighted by atomic mass is 10.0. The minimum Gasteiger partial charge on any atom is -0.389 e. The highest BCUT2D eigenvalue weighted by Gasteiger charge is 2.37. The van der Waals surface area contributed by atoms with Crippen LogP contribution in [0.15, 0.2) is 0 Å². The summed E-state index contributed by atoms with van der Waals surface area (Å²) >= 11 is 0. The molecule has 21 heavy (non-hydrogen) atoms. The Bertz CT molecular complexity index is 334. The predicted molar refractivity (Wildman–Crippen MR) is 78.2 cm³/mol. The van der Waals surface area contributed by atoms with Gasteiger partial charge in [-0.1, -0.05) is 0 Å². The quantitative estimate of drug-likeness (QED) is 0.554. The van der Waals surface area contributed by atoms with E-state index in [1.165, 1.54) is 0 Å². The first kappa shape index (κ1) is 16.5. The fourth-order valence-corrected chi connectivity index (χ4v) is 2.68. The number of carbonyl (C=O) groups excluding carboxylic acids is 1. The number of hydrogen-bond acceptors (Lipinski definition) is 5. The van der Waals surface area contributed by atoms with Crippen molar-refractivity contribution in [3.63, 3.8) is 0 Å². The molecule has 2 aliphatic heterocycles. The summed E-state index contributed by atoms with van der Waals surface area (Å²) in [5.41, 5.74) is 0. The molecular formula is C14H27N3O4. The molecule has 2 heterocycles. The molecule has 2 aliphatic rings. The number of hydrogen-bond donors (Lipinski definition) is 4. The third-order valence-corrected chi connectivity index (χ3v) is 3.84. The van der Waals surface area contributed by atoms with Crippen LogP contribution in [0.3, 0.4) is 0 Å². The van der Waals surface area contributed by atoms with Crippen LogP contribution in [0.25, 0.3) is 0 Å². The Kier molecular flexibility index (Phi) is 6.22. The zero-order valence-electron chi connectivity index (χ0n) is 12.8. The van der Waals surface area contributed by atoms with Gasteiger partial charge >= 0.3 is 6.03 Å². The van der Waals surface area contributed by atoms with E-state index in [1.807, 2.05) is 13.8 Å². The van der Waals surface area contributed by atoms with Gasteiger partial charge in [0.1, 0.15) is 6.10 Å². The Balaban J connectivity index is 1.70. The van der Waals surface area contributed by atoms with Crippen molar-refractivity contribution >= 4 is 6.03 Å². The van der Waals surface area contributed by atoms with Gasteiger partial charge in [0, 0.05) is 31.8 Å². The molecule has 2 amide bonds. The van der Waals surface area contributed by atoms with E-state index < -0.39 is 6.10 Å². The van der Waals surface area contributed by atoms with Gasteiger partial charge in [0.2, 0.25) is 0 Å². The van der Waals surface area contributed by atoms with E-state index in [0.29, 0.717) is 19.2 Å². The third kappa shape index (κ3) is 5.10. The molecule has 0 aromatic rings. The van der Waals surface area contributed by atoms with Gasteiger partial charge in [-0.25, -0.2) is 4.79 Å². The summed E-state index contributed by atoms with van der Waals surface area (Å²) in [6, 6.07) is 0.148. The number of nitrogens with one attached hydrogen (secondary N) is 3. The fraction of sp³-hybridized carbons (Fsp3) is 0.929. The molecule has 0 unspecified atom stereocenters. The van der Waals surface area contributed by atoms with E-state index in [-0.39, 0.29) is 24.2 Å². The van der Waals surface area contributed by atoms with Crippen molar-refractivity contribution in [2.24, 2.45) is 0 Å². The first-order valence-corrected chi connectivity index (χ1v) is 7.74. The summed E-state index contributed by atoms with van der Waals surface area (Å²) in [6.07, 6.45) is 0.957. The standard InChI is InChI=1S/C14H27N3O4/c1-9(2)16-14(19)15-7-12-13(18)11(8-21-12)17-10-3-5-20-6-4-10/h9-13,17-18H,3-8H2,1-2H3,(H2,15,16,19)/t11-,12-,13+/m1/s1. The Labute approximate surface area is 125 Å². The molecule has 2 saturated heterocycles. The van der Waals surface area contributed by atoms with Gasteiger partial charge in [0.15, 0.2) is 0 Å². The van der Waals surface area contributed by atoms with Gasteiger partial charge in [-0.3, -0.25) is 0 Å². The monoisotopic (exact) mass is 301 g/mol. The molecule has 0 spiro atoms. The van der Waals surface area contributed by atoms with E-state index >= 15 is 0 Å². The summed E-state index contributed by atoms with van der Waals surface area (Å²) in [4.78, 5) is 11.5. The lowest BCUT2D eigenvalue weighted by Gasteiger charge is -2.27. The molecule has 0 radical (unpaired) electrons.